The van der Waals surface area contributed by atoms with Gasteiger partial charge in [-0.1, -0.05) is 11.6 Å². The third-order valence-corrected chi connectivity index (χ3v) is 5.69. The number of rotatable bonds is 6. The van der Waals surface area contributed by atoms with Crippen LogP contribution < -0.4 is 9.62 Å². The predicted molar refractivity (Wildman–Crippen MR) is 99.0 cm³/mol. The molecule has 0 aliphatic heterocycles. The van der Waals surface area contributed by atoms with Gasteiger partial charge in [-0.2, -0.15) is 0 Å². The van der Waals surface area contributed by atoms with Crippen molar-refractivity contribution in [1.82, 2.24) is 0 Å². The summed E-state index contributed by atoms with van der Waals surface area (Å²) >= 11 is 5.83. The van der Waals surface area contributed by atoms with Crippen LogP contribution in [0, 0.1) is 0 Å². The van der Waals surface area contributed by atoms with Crippen molar-refractivity contribution >= 4 is 44.9 Å². The molecular weight excluding hydrogens is 380 g/mol. The summed E-state index contributed by atoms with van der Waals surface area (Å²) in [6, 6.07) is 9.96. The maximum Gasteiger partial charge on any atom is 0.327 e. The molecule has 1 amide bonds. The lowest BCUT2D eigenvalue weighted by Crippen LogP contribution is -2.43. The Bertz CT molecular complexity index is 911. The minimum absolute atomic E-state index is 0.102. The molecular formula is C17H17ClN2O5S. The predicted octanol–water partition coefficient (Wildman–Crippen LogP) is 2.97. The number of carbonyl (C=O) groups excluding carboxylic acids is 1. The Kier molecular flexibility index (Phi) is 5.89. The molecule has 2 N–H and O–H groups in total. The van der Waals surface area contributed by atoms with Gasteiger partial charge in [-0.3, -0.25) is 9.10 Å². The number of anilines is 2. The van der Waals surface area contributed by atoms with E-state index in [2.05, 4.69) is 5.32 Å². The number of hydrogen-bond acceptors (Lipinski definition) is 4. The zero-order valence-corrected chi connectivity index (χ0v) is 15.6. The van der Waals surface area contributed by atoms with Crippen LogP contribution in [0.25, 0.3) is 0 Å². The zero-order chi connectivity index (χ0) is 19.5. The fourth-order valence-corrected chi connectivity index (χ4v) is 4.02. The van der Waals surface area contributed by atoms with Gasteiger partial charge in [0.05, 0.1) is 10.6 Å². The number of amides is 1. The van der Waals surface area contributed by atoms with Crippen LogP contribution in [-0.2, 0) is 19.6 Å². The van der Waals surface area contributed by atoms with Gasteiger partial charge in [-0.05, 0) is 55.5 Å². The van der Waals surface area contributed by atoms with Crippen LogP contribution in [0.1, 0.15) is 13.8 Å². The van der Waals surface area contributed by atoms with Crippen molar-refractivity contribution in [2.75, 3.05) is 9.62 Å². The molecule has 26 heavy (non-hydrogen) atoms. The van der Waals surface area contributed by atoms with E-state index in [1.54, 1.807) is 0 Å². The second-order valence-corrected chi connectivity index (χ2v) is 7.75. The number of aliphatic carboxylic acids is 1. The third kappa shape index (κ3) is 4.33. The summed E-state index contributed by atoms with van der Waals surface area (Å²) in [6.07, 6.45) is 0. The number of carboxylic acids is 1. The summed E-state index contributed by atoms with van der Waals surface area (Å²) in [7, 11) is -4.16. The Morgan fingerprint density at radius 3 is 2.08 bits per heavy atom. The molecule has 0 saturated heterocycles. The normalized spacial score (nSPS) is 12.3. The molecule has 2 aromatic carbocycles. The molecule has 0 spiro atoms. The highest BCUT2D eigenvalue weighted by Gasteiger charge is 2.33. The Labute approximate surface area is 156 Å². The van der Waals surface area contributed by atoms with Gasteiger partial charge in [0.2, 0.25) is 5.91 Å². The summed E-state index contributed by atoms with van der Waals surface area (Å²) in [5, 5.41) is 12.3. The topological polar surface area (TPSA) is 104 Å². The first kappa shape index (κ1) is 19.7. The number of carboxylic acid groups (broad SMARTS) is 1. The van der Waals surface area contributed by atoms with Gasteiger partial charge in [-0.25, -0.2) is 13.2 Å². The van der Waals surface area contributed by atoms with Crippen molar-refractivity contribution in [2.24, 2.45) is 0 Å². The van der Waals surface area contributed by atoms with Crippen molar-refractivity contribution in [3.63, 3.8) is 0 Å². The minimum Gasteiger partial charge on any atom is -0.480 e. The maximum absolute atomic E-state index is 13.0. The van der Waals surface area contributed by atoms with E-state index in [4.69, 9.17) is 11.6 Å². The van der Waals surface area contributed by atoms with E-state index in [0.29, 0.717) is 10.7 Å². The van der Waals surface area contributed by atoms with E-state index < -0.39 is 22.0 Å². The Balaban J connectivity index is 2.50. The number of halogens is 1. The van der Waals surface area contributed by atoms with Crippen LogP contribution >= 0.6 is 11.6 Å². The molecule has 0 saturated carbocycles. The van der Waals surface area contributed by atoms with E-state index in [-0.39, 0.29) is 16.5 Å². The molecule has 1 unspecified atom stereocenters. The third-order valence-electron chi connectivity index (χ3n) is 3.52. The maximum atomic E-state index is 13.0. The molecule has 9 heteroatoms. The van der Waals surface area contributed by atoms with Gasteiger partial charge in [0.15, 0.2) is 0 Å². The first-order valence-corrected chi connectivity index (χ1v) is 9.35. The van der Waals surface area contributed by atoms with Crippen LogP contribution in [0.4, 0.5) is 11.4 Å². The van der Waals surface area contributed by atoms with Gasteiger partial charge < -0.3 is 10.4 Å². The number of hydrogen-bond donors (Lipinski definition) is 2. The van der Waals surface area contributed by atoms with Gasteiger partial charge in [0.1, 0.15) is 6.04 Å². The highest BCUT2D eigenvalue weighted by atomic mass is 35.5. The lowest BCUT2D eigenvalue weighted by molar-refractivity contribution is -0.137. The fraction of sp³-hybridized carbons (Fsp3) is 0.176. The van der Waals surface area contributed by atoms with E-state index >= 15 is 0 Å². The van der Waals surface area contributed by atoms with E-state index in [0.717, 1.165) is 4.31 Å². The fourth-order valence-electron chi connectivity index (χ4n) is 2.29. The molecule has 0 aliphatic carbocycles. The molecule has 0 fully saturated rings. The first-order chi connectivity index (χ1) is 12.1. The van der Waals surface area contributed by atoms with Crippen LogP contribution in [0.3, 0.4) is 0 Å². The average Bonchev–Trinajstić information content (AvgIpc) is 2.56. The summed E-state index contributed by atoms with van der Waals surface area (Å²) in [5.74, 6) is -1.58. The van der Waals surface area contributed by atoms with Gasteiger partial charge in [0.25, 0.3) is 10.0 Å². The van der Waals surface area contributed by atoms with Crippen LogP contribution in [0.5, 0.6) is 0 Å². The number of nitrogens with one attached hydrogen (secondary N) is 1. The molecule has 2 rings (SSSR count). The van der Waals surface area contributed by atoms with Crippen molar-refractivity contribution in [3.05, 3.63) is 53.6 Å². The molecule has 0 radical (unpaired) electrons. The molecule has 0 heterocycles. The van der Waals surface area contributed by atoms with E-state index in [1.165, 1.54) is 62.4 Å². The van der Waals surface area contributed by atoms with Crippen molar-refractivity contribution in [1.29, 1.82) is 0 Å². The lowest BCUT2D eigenvalue weighted by atomic mass is 10.2. The molecule has 0 aromatic heterocycles. The molecule has 1 atom stereocenters. The monoisotopic (exact) mass is 396 g/mol. The van der Waals surface area contributed by atoms with Crippen LogP contribution in [-0.4, -0.2) is 31.4 Å². The quantitative estimate of drug-likeness (QED) is 0.781. The summed E-state index contributed by atoms with van der Waals surface area (Å²) in [6.45, 7) is 2.61. The summed E-state index contributed by atoms with van der Waals surface area (Å²) < 4.78 is 26.9. The smallest absolute Gasteiger partial charge is 0.327 e. The number of sulfonamides is 1. The zero-order valence-electron chi connectivity index (χ0n) is 14.0. The average molecular weight is 397 g/mol. The summed E-state index contributed by atoms with van der Waals surface area (Å²) in [4.78, 5) is 22.4. The van der Waals surface area contributed by atoms with Crippen LogP contribution in [0.2, 0.25) is 5.02 Å². The number of carbonyl (C=O) groups is 2. The molecule has 0 bridgehead atoms. The first-order valence-electron chi connectivity index (χ1n) is 7.53. The highest BCUT2D eigenvalue weighted by Crippen LogP contribution is 2.28. The number of benzene rings is 2. The van der Waals surface area contributed by atoms with E-state index in [1.807, 2.05) is 0 Å². The van der Waals surface area contributed by atoms with Gasteiger partial charge >= 0.3 is 5.97 Å². The Morgan fingerprint density at radius 2 is 1.62 bits per heavy atom. The standard InChI is InChI=1S/C17H17ClN2O5S/c1-11(17(22)23)20(15-7-3-13(18)4-8-15)26(24,25)16-9-5-14(6-10-16)19-12(2)21/h3-11H,1-2H3,(H,19,21)(H,22,23). The number of nitrogens with zero attached hydrogens (tertiary/aromatic N) is 1. The molecule has 0 aliphatic rings. The van der Waals surface area contributed by atoms with Gasteiger partial charge in [-0.15, -0.1) is 0 Å². The van der Waals surface area contributed by atoms with Crippen LogP contribution in [0.15, 0.2) is 53.4 Å². The second-order valence-electron chi connectivity index (χ2n) is 5.50. The molecule has 7 nitrogen and oxygen atoms in total. The molecule has 138 valence electrons. The second kappa shape index (κ2) is 7.76. The van der Waals surface area contributed by atoms with E-state index in [9.17, 15) is 23.1 Å². The van der Waals surface area contributed by atoms with Crippen molar-refractivity contribution in [3.8, 4) is 0 Å². The largest absolute Gasteiger partial charge is 0.480 e. The minimum atomic E-state index is -4.16. The van der Waals surface area contributed by atoms with Gasteiger partial charge in [0, 0.05) is 17.6 Å². The summed E-state index contributed by atoms with van der Waals surface area (Å²) in [5.41, 5.74) is 0.607. The highest BCUT2D eigenvalue weighted by molar-refractivity contribution is 7.92. The van der Waals surface area contributed by atoms with Crippen molar-refractivity contribution in [2.45, 2.75) is 24.8 Å². The SMILES string of the molecule is CC(=O)Nc1ccc(S(=O)(=O)N(c2ccc(Cl)cc2)C(C)C(=O)O)cc1. The van der Waals surface area contributed by atoms with Crippen molar-refractivity contribution < 1.29 is 23.1 Å². The lowest BCUT2D eigenvalue weighted by Gasteiger charge is -2.28. The molecule has 2 aromatic rings. The Morgan fingerprint density at radius 1 is 1.08 bits per heavy atom. The Hall–Kier alpha value is -2.58.